The van der Waals surface area contributed by atoms with Gasteiger partial charge in [-0.2, -0.15) is 17.0 Å². The van der Waals surface area contributed by atoms with Crippen LogP contribution < -0.4 is 5.32 Å². The fourth-order valence-electron chi connectivity index (χ4n) is 3.19. The van der Waals surface area contributed by atoms with Gasteiger partial charge >= 0.3 is 0 Å². The normalized spacial score (nSPS) is 17.4. The number of carbonyl (C=O) groups is 1. The lowest BCUT2D eigenvalue weighted by molar-refractivity contribution is -0.116. The van der Waals surface area contributed by atoms with E-state index in [0.29, 0.717) is 24.2 Å². The summed E-state index contributed by atoms with van der Waals surface area (Å²) in [5.74, 6) is -0.840. The molecule has 1 saturated heterocycles. The molecule has 0 radical (unpaired) electrons. The van der Waals surface area contributed by atoms with Crippen molar-refractivity contribution in [3.63, 3.8) is 0 Å². The molecule has 1 aliphatic heterocycles. The van der Waals surface area contributed by atoms with Crippen molar-refractivity contribution in [1.29, 1.82) is 0 Å². The van der Waals surface area contributed by atoms with Crippen LogP contribution in [0.4, 0.5) is 10.1 Å². The highest BCUT2D eigenvalue weighted by atomic mass is 32.2. The molecule has 8 heteroatoms. The molecule has 0 saturated carbocycles. The van der Waals surface area contributed by atoms with Crippen molar-refractivity contribution in [3.8, 4) is 0 Å². The number of anilines is 1. The molecular weight excluding hydrogens is 381 g/mol. The third-order valence-electron chi connectivity index (χ3n) is 4.71. The molecule has 0 spiro atoms. The lowest BCUT2D eigenvalue weighted by Crippen LogP contribution is -2.51. The van der Waals surface area contributed by atoms with Gasteiger partial charge in [0, 0.05) is 30.9 Å². The summed E-state index contributed by atoms with van der Waals surface area (Å²) in [6.07, 6.45) is 1.42. The minimum Gasteiger partial charge on any atom is -0.325 e. The Morgan fingerprint density at radius 1 is 1.11 bits per heavy atom. The SMILES string of the molecule is CCc1cccc(NC(=O)CN2CCCN(Cc3ccccc3F)S2(=O)=O)c1. The van der Waals surface area contributed by atoms with Gasteiger partial charge in [0.2, 0.25) is 5.91 Å². The maximum Gasteiger partial charge on any atom is 0.282 e. The number of halogens is 1. The highest BCUT2D eigenvalue weighted by molar-refractivity contribution is 7.86. The van der Waals surface area contributed by atoms with Gasteiger partial charge in [0.1, 0.15) is 5.82 Å². The number of carbonyl (C=O) groups excluding carboxylic acids is 1. The minimum absolute atomic E-state index is 0.0499. The van der Waals surface area contributed by atoms with Crippen LogP contribution in [0.15, 0.2) is 48.5 Å². The molecule has 1 N–H and O–H groups in total. The maximum absolute atomic E-state index is 13.9. The second-order valence-corrected chi connectivity index (χ2v) is 8.65. The van der Waals surface area contributed by atoms with Gasteiger partial charge in [0.15, 0.2) is 0 Å². The first-order valence-electron chi connectivity index (χ1n) is 9.27. The lowest BCUT2D eigenvalue weighted by atomic mass is 10.1. The van der Waals surface area contributed by atoms with E-state index < -0.39 is 21.9 Å². The average Bonchev–Trinajstić information content (AvgIpc) is 2.67. The van der Waals surface area contributed by atoms with Crippen molar-refractivity contribution < 1.29 is 17.6 Å². The molecule has 0 aliphatic carbocycles. The zero-order chi connectivity index (χ0) is 20.1. The molecule has 1 amide bonds. The van der Waals surface area contributed by atoms with E-state index in [9.17, 15) is 17.6 Å². The molecule has 28 heavy (non-hydrogen) atoms. The van der Waals surface area contributed by atoms with Crippen LogP contribution in [0.25, 0.3) is 0 Å². The summed E-state index contributed by atoms with van der Waals surface area (Å²) < 4.78 is 42.0. The van der Waals surface area contributed by atoms with Gasteiger partial charge in [-0.15, -0.1) is 0 Å². The lowest BCUT2D eigenvalue weighted by Gasteiger charge is -2.34. The molecule has 2 aromatic carbocycles. The Balaban J connectivity index is 1.68. The van der Waals surface area contributed by atoms with Crippen LogP contribution in [0, 0.1) is 5.82 Å². The van der Waals surface area contributed by atoms with E-state index in [1.54, 1.807) is 24.3 Å². The summed E-state index contributed by atoms with van der Waals surface area (Å²) in [5, 5.41) is 2.75. The van der Waals surface area contributed by atoms with Crippen LogP contribution in [0.3, 0.4) is 0 Å². The van der Waals surface area contributed by atoms with Crippen LogP contribution >= 0.6 is 0 Å². The van der Waals surface area contributed by atoms with Crippen LogP contribution in [-0.2, 0) is 28.0 Å². The van der Waals surface area contributed by atoms with E-state index in [0.717, 1.165) is 16.3 Å². The molecule has 150 valence electrons. The van der Waals surface area contributed by atoms with E-state index in [4.69, 9.17) is 0 Å². The number of hydrogen-bond acceptors (Lipinski definition) is 3. The first kappa shape index (κ1) is 20.4. The molecule has 1 heterocycles. The Bertz CT molecular complexity index is 949. The highest BCUT2D eigenvalue weighted by Gasteiger charge is 2.35. The summed E-state index contributed by atoms with van der Waals surface area (Å²) in [4.78, 5) is 12.4. The van der Waals surface area contributed by atoms with Crippen molar-refractivity contribution in [2.45, 2.75) is 26.3 Å². The van der Waals surface area contributed by atoms with Gasteiger partial charge in [0.05, 0.1) is 6.54 Å². The maximum atomic E-state index is 13.9. The number of benzene rings is 2. The molecule has 2 aromatic rings. The predicted molar refractivity (Wildman–Crippen MR) is 106 cm³/mol. The zero-order valence-corrected chi connectivity index (χ0v) is 16.6. The summed E-state index contributed by atoms with van der Waals surface area (Å²) in [6, 6.07) is 13.6. The quantitative estimate of drug-likeness (QED) is 0.804. The van der Waals surface area contributed by atoms with Gasteiger partial charge in [-0.3, -0.25) is 4.79 Å². The Kier molecular flexibility index (Phi) is 6.43. The van der Waals surface area contributed by atoms with Gasteiger partial charge in [-0.25, -0.2) is 4.39 Å². The zero-order valence-electron chi connectivity index (χ0n) is 15.8. The second-order valence-electron chi connectivity index (χ2n) is 6.72. The number of aryl methyl sites for hydroxylation is 1. The average molecular weight is 405 g/mol. The van der Waals surface area contributed by atoms with Crippen LogP contribution in [-0.4, -0.2) is 42.6 Å². The molecule has 0 atom stereocenters. The Morgan fingerprint density at radius 2 is 1.86 bits per heavy atom. The van der Waals surface area contributed by atoms with Crippen molar-refractivity contribution >= 4 is 21.8 Å². The molecule has 1 aliphatic rings. The fourth-order valence-corrected chi connectivity index (χ4v) is 4.81. The molecule has 1 fully saturated rings. The number of hydrogen-bond donors (Lipinski definition) is 1. The number of amides is 1. The fraction of sp³-hybridized carbons (Fsp3) is 0.350. The standard InChI is InChI=1S/C20H24FN3O3S/c1-2-16-7-5-9-18(13-16)22-20(25)15-24-12-6-11-23(28(24,26)27)14-17-8-3-4-10-19(17)21/h3-5,7-10,13H,2,6,11-12,14-15H2,1H3,(H,22,25). The minimum atomic E-state index is -3.84. The largest absolute Gasteiger partial charge is 0.325 e. The first-order chi connectivity index (χ1) is 13.4. The molecular formula is C20H24FN3O3S. The van der Waals surface area contributed by atoms with Crippen molar-refractivity contribution in [2.75, 3.05) is 25.0 Å². The summed E-state index contributed by atoms with van der Waals surface area (Å²) >= 11 is 0. The van der Waals surface area contributed by atoms with Gasteiger partial charge in [0.25, 0.3) is 10.2 Å². The van der Waals surface area contributed by atoms with E-state index in [-0.39, 0.29) is 19.6 Å². The van der Waals surface area contributed by atoms with E-state index >= 15 is 0 Å². The number of rotatable bonds is 6. The molecule has 3 rings (SSSR count). The molecule has 0 bridgehead atoms. The number of nitrogens with zero attached hydrogens (tertiary/aromatic N) is 2. The van der Waals surface area contributed by atoms with Crippen molar-refractivity contribution in [2.24, 2.45) is 0 Å². The van der Waals surface area contributed by atoms with Crippen molar-refractivity contribution in [1.82, 2.24) is 8.61 Å². The third-order valence-corrected chi connectivity index (χ3v) is 6.64. The molecule has 6 nitrogen and oxygen atoms in total. The Morgan fingerprint density at radius 3 is 2.61 bits per heavy atom. The summed E-state index contributed by atoms with van der Waals surface area (Å²) in [6.45, 7) is 2.26. The van der Waals surface area contributed by atoms with E-state index in [1.807, 2.05) is 25.1 Å². The summed E-state index contributed by atoms with van der Waals surface area (Å²) in [5.41, 5.74) is 2.04. The van der Waals surface area contributed by atoms with Crippen LogP contribution in [0.1, 0.15) is 24.5 Å². The molecule has 0 aromatic heterocycles. The Labute approximate surface area is 165 Å². The topological polar surface area (TPSA) is 69.7 Å². The van der Waals surface area contributed by atoms with Crippen LogP contribution in [0.2, 0.25) is 0 Å². The van der Waals surface area contributed by atoms with E-state index in [1.165, 1.54) is 10.4 Å². The van der Waals surface area contributed by atoms with Gasteiger partial charge in [-0.1, -0.05) is 37.3 Å². The Hall–Kier alpha value is -2.29. The number of nitrogens with one attached hydrogen (secondary N) is 1. The predicted octanol–water partition coefficient (Wildman–Crippen LogP) is 2.78. The monoisotopic (exact) mass is 405 g/mol. The van der Waals surface area contributed by atoms with Crippen LogP contribution in [0.5, 0.6) is 0 Å². The van der Waals surface area contributed by atoms with Crippen molar-refractivity contribution in [3.05, 3.63) is 65.5 Å². The second kappa shape index (κ2) is 8.81. The smallest absolute Gasteiger partial charge is 0.282 e. The highest BCUT2D eigenvalue weighted by Crippen LogP contribution is 2.20. The van der Waals surface area contributed by atoms with Gasteiger partial charge in [-0.05, 0) is 36.6 Å². The first-order valence-corrected chi connectivity index (χ1v) is 10.7. The van der Waals surface area contributed by atoms with Gasteiger partial charge < -0.3 is 5.32 Å². The molecule has 0 unspecified atom stereocenters. The van der Waals surface area contributed by atoms with E-state index in [2.05, 4.69) is 5.32 Å². The summed E-state index contributed by atoms with van der Waals surface area (Å²) in [7, 11) is -3.84. The third kappa shape index (κ3) is 4.76.